The van der Waals surface area contributed by atoms with Gasteiger partial charge in [0.1, 0.15) is 0 Å². The van der Waals surface area contributed by atoms with E-state index in [0.29, 0.717) is 5.41 Å². The van der Waals surface area contributed by atoms with Gasteiger partial charge in [-0.3, -0.25) is 0 Å². The van der Waals surface area contributed by atoms with Crippen LogP contribution in [0.1, 0.15) is 37.3 Å². The van der Waals surface area contributed by atoms with Gasteiger partial charge in [-0.2, -0.15) is 0 Å². The molecule has 0 bridgehead atoms. The summed E-state index contributed by atoms with van der Waals surface area (Å²) in [5.74, 6) is 0. The van der Waals surface area contributed by atoms with Crippen LogP contribution in [0.25, 0.3) is 0 Å². The molecular formula is C13H20N+. The van der Waals surface area contributed by atoms with Gasteiger partial charge in [0.25, 0.3) is 0 Å². The Morgan fingerprint density at radius 1 is 1.36 bits per heavy atom. The zero-order valence-electron chi connectivity index (χ0n) is 9.05. The van der Waals surface area contributed by atoms with Crippen LogP contribution in [0.5, 0.6) is 0 Å². The Labute approximate surface area is 86.3 Å². The van der Waals surface area contributed by atoms with Gasteiger partial charge in [-0.1, -0.05) is 31.2 Å². The van der Waals surface area contributed by atoms with Gasteiger partial charge in [-0.25, -0.2) is 0 Å². The van der Waals surface area contributed by atoms with Crippen molar-refractivity contribution in [3.63, 3.8) is 0 Å². The van der Waals surface area contributed by atoms with E-state index in [1.807, 2.05) is 0 Å². The highest BCUT2D eigenvalue weighted by atomic mass is 14.6. The van der Waals surface area contributed by atoms with Crippen LogP contribution < -0.4 is 5.73 Å². The van der Waals surface area contributed by atoms with Crippen LogP contribution in [0, 0.1) is 0 Å². The topological polar surface area (TPSA) is 27.6 Å². The van der Waals surface area contributed by atoms with E-state index in [4.69, 9.17) is 0 Å². The molecule has 14 heavy (non-hydrogen) atoms. The van der Waals surface area contributed by atoms with Gasteiger partial charge in [0, 0.05) is 11.8 Å². The Kier molecular flexibility index (Phi) is 2.60. The highest BCUT2D eigenvalue weighted by Crippen LogP contribution is 2.43. The molecular weight excluding hydrogens is 170 g/mol. The van der Waals surface area contributed by atoms with Crippen LogP contribution in [0.3, 0.4) is 0 Å². The third kappa shape index (κ3) is 1.36. The molecule has 1 heteroatoms. The molecule has 0 heterocycles. The largest absolute Gasteiger partial charge is 0.358 e. The first-order chi connectivity index (χ1) is 6.82. The van der Waals surface area contributed by atoms with Gasteiger partial charge in [0.15, 0.2) is 0 Å². The minimum Gasteiger partial charge on any atom is -0.358 e. The third-order valence-electron chi connectivity index (χ3n) is 3.79. The lowest BCUT2D eigenvalue weighted by molar-refractivity contribution is -0.371. The Morgan fingerprint density at radius 2 is 2.14 bits per heavy atom. The van der Waals surface area contributed by atoms with Crippen LogP contribution in [0.2, 0.25) is 0 Å². The van der Waals surface area contributed by atoms with Crippen LogP contribution >= 0.6 is 0 Å². The number of benzene rings is 1. The molecule has 0 aromatic heterocycles. The number of rotatable bonds is 3. The van der Waals surface area contributed by atoms with E-state index in [1.54, 1.807) is 11.1 Å². The van der Waals surface area contributed by atoms with Crippen LogP contribution in [0.4, 0.5) is 0 Å². The average molecular weight is 190 g/mol. The Balaban J connectivity index is 2.39. The number of fused-ring (bicyclic) bond motifs is 1. The summed E-state index contributed by atoms with van der Waals surface area (Å²) in [5, 5.41) is 0. The second kappa shape index (κ2) is 3.74. The molecule has 1 nitrogen and oxygen atoms in total. The Morgan fingerprint density at radius 3 is 2.86 bits per heavy atom. The molecule has 1 aromatic rings. The van der Waals surface area contributed by atoms with E-state index >= 15 is 0 Å². The molecule has 0 spiro atoms. The van der Waals surface area contributed by atoms with Crippen molar-refractivity contribution in [1.29, 1.82) is 0 Å². The second-order valence-electron chi connectivity index (χ2n) is 4.39. The molecule has 0 aliphatic heterocycles. The first-order valence-corrected chi connectivity index (χ1v) is 5.70. The summed E-state index contributed by atoms with van der Waals surface area (Å²) < 4.78 is 0. The van der Waals surface area contributed by atoms with E-state index in [1.165, 1.54) is 25.7 Å². The van der Waals surface area contributed by atoms with Crippen LogP contribution in [0.15, 0.2) is 24.3 Å². The number of aryl methyl sites for hydroxylation is 1. The number of quaternary nitrogens is 1. The summed E-state index contributed by atoms with van der Waals surface area (Å²) >= 11 is 0. The zero-order valence-corrected chi connectivity index (χ0v) is 9.05. The molecule has 76 valence electrons. The first-order valence-electron chi connectivity index (χ1n) is 5.70. The molecule has 1 aromatic carbocycles. The fourth-order valence-electron chi connectivity index (χ4n) is 2.91. The monoisotopic (exact) mass is 190 g/mol. The fraction of sp³-hybridized carbons (Fsp3) is 0.538. The van der Waals surface area contributed by atoms with Gasteiger partial charge < -0.3 is 5.73 Å². The van der Waals surface area contributed by atoms with Crippen molar-refractivity contribution in [2.75, 3.05) is 6.54 Å². The van der Waals surface area contributed by atoms with Crippen molar-refractivity contribution in [2.45, 2.75) is 38.0 Å². The normalized spacial score (nSPS) is 25.0. The molecule has 0 fully saturated rings. The van der Waals surface area contributed by atoms with Gasteiger partial charge in [-0.05, 0) is 30.4 Å². The quantitative estimate of drug-likeness (QED) is 0.754. The maximum Gasteiger partial charge on any atom is 0.0748 e. The fourth-order valence-corrected chi connectivity index (χ4v) is 2.91. The molecule has 2 rings (SSSR count). The Bertz CT molecular complexity index is 315. The molecule has 1 unspecified atom stereocenters. The minimum atomic E-state index is 0.457. The third-order valence-corrected chi connectivity index (χ3v) is 3.79. The van der Waals surface area contributed by atoms with Crippen molar-refractivity contribution in [2.24, 2.45) is 0 Å². The first kappa shape index (κ1) is 9.72. The number of hydrogen-bond donors (Lipinski definition) is 1. The predicted octanol–water partition coefficient (Wildman–Crippen LogP) is 1.91. The maximum atomic E-state index is 4.02. The molecule has 1 aliphatic rings. The smallest absolute Gasteiger partial charge is 0.0748 e. The van der Waals surface area contributed by atoms with Gasteiger partial charge in [-0.15, -0.1) is 0 Å². The van der Waals surface area contributed by atoms with Crippen LogP contribution in [-0.4, -0.2) is 6.54 Å². The summed E-state index contributed by atoms with van der Waals surface area (Å²) in [7, 11) is 0. The van der Waals surface area contributed by atoms with E-state index in [-0.39, 0.29) is 0 Å². The molecule has 3 N–H and O–H groups in total. The SMILES string of the molecule is CCC1(CC[NH3+])CCc2ccccc21. The second-order valence-corrected chi connectivity index (χ2v) is 4.39. The number of hydrogen-bond acceptors (Lipinski definition) is 0. The molecule has 0 radical (unpaired) electrons. The van der Waals surface area contributed by atoms with E-state index in [0.717, 1.165) is 6.54 Å². The minimum absolute atomic E-state index is 0.457. The zero-order chi connectivity index (χ0) is 10.0. The van der Waals surface area contributed by atoms with Crippen molar-refractivity contribution in [3.8, 4) is 0 Å². The van der Waals surface area contributed by atoms with Gasteiger partial charge in [0.2, 0.25) is 0 Å². The summed E-state index contributed by atoms with van der Waals surface area (Å²) in [4.78, 5) is 0. The summed E-state index contributed by atoms with van der Waals surface area (Å²) in [5.41, 5.74) is 7.65. The van der Waals surface area contributed by atoms with Crippen LogP contribution in [-0.2, 0) is 11.8 Å². The van der Waals surface area contributed by atoms with E-state index in [9.17, 15) is 0 Å². The van der Waals surface area contributed by atoms with E-state index in [2.05, 4.69) is 36.9 Å². The lowest BCUT2D eigenvalue weighted by Crippen LogP contribution is -2.52. The predicted molar refractivity (Wildman–Crippen MR) is 59.1 cm³/mol. The van der Waals surface area contributed by atoms with Crippen molar-refractivity contribution >= 4 is 0 Å². The van der Waals surface area contributed by atoms with Gasteiger partial charge in [0.05, 0.1) is 6.54 Å². The summed E-state index contributed by atoms with van der Waals surface area (Å²) in [6, 6.07) is 8.95. The molecule has 0 saturated heterocycles. The molecule has 1 aliphatic carbocycles. The maximum absolute atomic E-state index is 4.02. The van der Waals surface area contributed by atoms with E-state index < -0.39 is 0 Å². The molecule has 0 saturated carbocycles. The lowest BCUT2D eigenvalue weighted by atomic mass is 9.76. The van der Waals surface area contributed by atoms with Gasteiger partial charge >= 0.3 is 0 Å². The van der Waals surface area contributed by atoms with Crippen molar-refractivity contribution < 1.29 is 5.73 Å². The highest BCUT2D eigenvalue weighted by molar-refractivity contribution is 5.39. The van der Waals surface area contributed by atoms with Crippen molar-refractivity contribution in [3.05, 3.63) is 35.4 Å². The molecule has 0 amide bonds. The molecule has 1 atom stereocenters. The summed E-state index contributed by atoms with van der Waals surface area (Å²) in [6.45, 7) is 3.37. The highest BCUT2D eigenvalue weighted by Gasteiger charge is 2.36. The van der Waals surface area contributed by atoms with Crippen molar-refractivity contribution in [1.82, 2.24) is 0 Å². The Hall–Kier alpha value is -0.820. The summed E-state index contributed by atoms with van der Waals surface area (Å²) in [6.07, 6.45) is 5.11. The average Bonchev–Trinajstić information content (AvgIpc) is 2.59. The standard InChI is InChI=1S/C13H19N/c1-2-13(9-10-14)8-7-11-5-3-4-6-12(11)13/h3-6H,2,7-10,14H2,1H3/p+1. The lowest BCUT2D eigenvalue weighted by Gasteiger charge is -2.27.